The van der Waals surface area contributed by atoms with E-state index in [-0.39, 0.29) is 17.1 Å². The van der Waals surface area contributed by atoms with Gasteiger partial charge in [-0.05, 0) is 34.0 Å². The molecule has 2 atom stereocenters. The molecule has 0 aliphatic heterocycles. The molecule has 2 unspecified atom stereocenters. The zero-order valence-electron chi connectivity index (χ0n) is 11.9. The topological polar surface area (TPSA) is 9.23 Å². The van der Waals surface area contributed by atoms with Crippen molar-refractivity contribution in [3.8, 4) is 5.75 Å². The second kappa shape index (κ2) is 7.28. The smallest absolute Gasteiger partial charge is 0.141 e. The van der Waals surface area contributed by atoms with Crippen molar-refractivity contribution < 1.29 is 9.13 Å². The van der Waals surface area contributed by atoms with Crippen LogP contribution in [0.5, 0.6) is 5.75 Å². The van der Waals surface area contributed by atoms with Crippen LogP contribution in [0, 0.1) is 5.82 Å². The number of alkyl halides is 1. The second-order valence-corrected chi connectivity index (χ2v) is 6.16. The fraction of sp³-hybridized carbons (Fsp3) is 0.294. The third kappa shape index (κ3) is 3.58. The Morgan fingerprint density at radius 1 is 1.24 bits per heavy atom. The van der Waals surface area contributed by atoms with Crippen LogP contribution in [0.4, 0.5) is 4.39 Å². The van der Waals surface area contributed by atoms with E-state index in [2.05, 4.69) is 35.0 Å². The first kappa shape index (κ1) is 16.3. The number of rotatable bonds is 5. The van der Waals surface area contributed by atoms with Crippen LogP contribution in [0.25, 0.3) is 0 Å². The van der Waals surface area contributed by atoms with Crippen molar-refractivity contribution in [1.82, 2.24) is 0 Å². The van der Waals surface area contributed by atoms with Crippen LogP contribution in [0.1, 0.15) is 35.8 Å². The summed E-state index contributed by atoms with van der Waals surface area (Å²) in [5.41, 5.74) is 1.96. The lowest BCUT2D eigenvalue weighted by Crippen LogP contribution is -2.07. The lowest BCUT2D eigenvalue weighted by atomic mass is 9.89. The van der Waals surface area contributed by atoms with E-state index >= 15 is 0 Å². The molecule has 0 aliphatic rings. The average molecular weight is 372 g/mol. The molecule has 2 rings (SSSR count). The van der Waals surface area contributed by atoms with Gasteiger partial charge in [-0.25, -0.2) is 4.39 Å². The van der Waals surface area contributed by atoms with Crippen molar-refractivity contribution in [2.24, 2.45) is 0 Å². The number of halogens is 3. The van der Waals surface area contributed by atoms with E-state index < -0.39 is 0 Å². The van der Waals surface area contributed by atoms with Crippen LogP contribution in [-0.4, -0.2) is 7.11 Å². The van der Waals surface area contributed by atoms with Gasteiger partial charge in [0.1, 0.15) is 11.6 Å². The van der Waals surface area contributed by atoms with Crippen LogP contribution in [0.3, 0.4) is 0 Å². The van der Waals surface area contributed by atoms with Gasteiger partial charge in [0.25, 0.3) is 0 Å². The van der Waals surface area contributed by atoms with E-state index in [9.17, 15) is 4.39 Å². The molecule has 0 heterocycles. The zero-order valence-corrected chi connectivity index (χ0v) is 14.3. The van der Waals surface area contributed by atoms with Gasteiger partial charge in [0.15, 0.2) is 0 Å². The maximum absolute atomic E-state index is 13.6. The van der Waals surface area contributed by atoms with Gasteiger partial charge >= 0.3 is 0 Å². The van der Waals surface area contributed by atoms with E-state index in [1.165, 1.54) is 18.7 Å². The Morgan fingerprint density at radius 2 is 1.90 bits per heavy atom. The SMILES string of the molecule is CCC(c1ccccc1)C(Cl)c1cc(Br)c(F)cc1OC. The molecule has 4 heteroatoms. The van der Waals surface area contributed by atoms with E-state index in [1.54, 1.807) is 6.07 Å². The fourth-order valence-electron chi connectivity index (χ4n) is 2.46. The monoisotopic (exact) mass is 370 g/mol. The maximum Gasteiger partial charge on any atom is 0.141 e. The summed E-state index contributed by atoms with van der Waals surface area (Å²) in [4.78, 5) is 0. The van der Waals surface area contributed by atoms with Gasteiger partial charge in [0.2, 0.25) is 0 Å². The van der Waals surface area contributed by atoms with Crippen molar-refractivity contribution in [3.05, 3.63) is 63.9 Å². The van der Waals surface area contributed by atoms with Gasteiger partial charge in [-0.2, -0.15) is 0 Å². The molecule has 21 heavy (non-hydrogen) atoms. The van der Waals surface area contributed by atoms with E-state index in [0.717, 1.165) is 12.0 Å². The molecule has 0 aliphatic carbocycles. The molecule has 0 saturated heterocycles. The van der Waals surface area contributed by atoms with Crippen LogP contribution in [0.15, 0.2) is 46.9 Å². The van der Waals surface area contributed by atoms with Crippen LogP contribution in [-0.2, 0) is 0 Å². The lowest BCUT2D eigenvalue weighted by molar-refractivity contribution is 0.402. The fourth-order valence-corrected chi connectivity index (χ4v) is 3.32. The minimum absolute atomic E-state index is 0.138. The molecule has 0 N–H and O–H groups in total. The molecular formula is C17H17BrClFO. The highest BCUT2D eigenvalue weighted by atomic mass is 79.9. The minimum Gasteiger partial charge on any atom is -0.496 e. The Morgan fingerprint density at radius 3 is 2.48 bits per heavy atom. The van der Waals surface area contributed by atoms with Crippen LogP contribution in [0.2, 0.25) is 0 Å². The Labute approximate surface area is 138 Å². The third-order valence-corrected chi connectivity index (χ3v) is 4.74. The summed E-state index contributed by atoms with van der Waals surface area (Å²) in [5, 5.41) is -0.288. The first-order chi connectivity index (χ1) is 10.1. The van der Waals surface area contributed by atoms with Crippen LogP contribution >= 0.6 is 27.5 Å². The minimum atomic E-state index is -0.354. The molecular weight excluding hydrogens is 355 g/mol. The summed E-state index contributed by atoms with van der Waals surface area (Å²) in [7, 11) is 1.53. The van der Waals surface area contributed by atoms with E-state index in [0.29, 0.717) is 10.2 Å². The highest BCUT2D eigenvalue weighted by Crippen LogP contribution is 2.43. The molecule has 2 aromatic carbocycles. The van der Waals surface area contributed by atoms with E-state index in [4.69, 9.17) is 16.3 Å². The predicted molar refractivity (Wildman–Crippen MR) is 88.7 cm³/mol. The normalized spacial score (nSPS) is 13.8. The van der Waals surface area contributed by atoms with Crippen molar-refractivity contribution in [2.75, 3.05) is 7.11 Å². The third-order valence-electron chi connectivity index (χ3n) is 3.59. The number of hydrogen-bond acceptors (Lipinski definition) is 1. The maximum atomic E-state index is 13.6. The molecule has 0 spiro atoms. The van der Waals surface area contributed by atoms with Gasteiger partial charge in [-0.1, -0.05) is 37.3 Å². The molecule has 0 aromatic heterocycles. The van der Waals surface area contributed by atoms with Crippen LogP contribution < -0.4 is 4.74 Å². The number of hydrogen-bond donors (Lipinski definition) is 0. The first-order valence-electron chi connectivity index (χ1n) is 6.80. The summed E-state index contributed by atoms with van der Waals surface area (Å²) >= 11 is 9.91. The Bertz CT molecular complexity index is 603. The second-order valence-electron chi connectivity index (χ2n) is 4.84. The largest absolute Gasteiger partial charge is 0.496 e. The molecule has 2 aromatic rings. The molecule has 112 valence electrons. The van der Waals surface area contributed by atoms with Gasteiger partial charge in [0.05, 0.1) is 17.0 Å². The summed E-state index contributed by atoms with van der Waals surface area (Å²) in [5.74, 6) is 0.261. The molecule has 0 radical (unpaired) electrons. The highest BCUT2D eigenvalue weighted by Gasteiger charge is 2.25. The lowest BCUT2D eigenvalue weighted by Gasteiger charge is -2.23. The zero-order chi connectivity index (χ0) is 15.4. The summed E-state index contributed by atoms with van der Waals surface area (Å²) in [6.45, 7) is 2.10. The molecule has 0 saturated carbocycles. The van der Waals surface area contributed by atoms with Gasteiger partial charge in [-0.15, -0.1) is 11.6 Å². The Kier molecular flexibility index (Phi) is 5.65. The standard InChI is InChI=1S/C17H17BrClFO/c1-3-12(11-7-5-4-6-8-11)17(19)13-9-14(18)15(20)10-16(13)21-2/h4-10,12,17H,3H2,1-2H3. The number of ether oxygens (including phenoxy) is 1. The Hall–Kier alpha value is -1.06. The van der Waals surface area contributed by atoms with Gasteiger partial charge < -0.3 is 4.74 Å². The molecule has 0 amide bonds. The Balaban J connectivity index is 2.42. The molecule has 0 bridgehead atoms. The van der Waals surface area contributed by atoms with Crippen molar-refractivity contribution in [3.63, 3.8) is 0 Å². The average Bonchev–Trinajstić information content (AvgIpc) is 2.51. The van der Waals surface area contributed by atoms with Gasteiger partial charge in [-0.3, -0.25) is 0 Å². The summed E-state index contributed by atoms with van der Waals surface area (Å²) in [6, 6.07) is 13.2. The van der Waals surface area contributed by atoms with E-state index in [1.807, 2.05) is 18.2 Å². The first-order valence-corrected chi connectivity index (χ1v) is 8.03. The number of methoxy groups -OCH3 is 1. The van der Waals surface area contributed by atoms with Gasteiger partial charge in [0, 0.05) is 17.5 Å². The van der Waals surface area contributed by atoms with Crippen molar-refractivity contribution >= 4 is 27.5 Å². The predicted octanol–water partition coefficient (Wildman–Crippen LogP) is 6.07. The molecule has 1 nitrogen and oxygen atoms in total. The van der Waals surface area contributed by atoms with Crippen molar-refractivity contribution in [1.29, 1.82) is 0 Å². The molecule has 0 fully saturated rings. The summed E-state index contributed by atoms with van der Waals surface area (Å²) < 4.78 is 19.3. The number of benzene rings is 2. The highest BCUT2D eigenvalue weighted by molar-refractivity contribution is 9.10. The summed E-state index contributed by atoms with van der Waals surface area (Å²) in [6.07, 6.45) is 0.885. The van der Waals surface area contributed by atoms with Crippen molar-refractivity contribution in [2.45, 2.75) is 24.6 Å². The quantitative estimate of drug-likeness (QED) is 0.580.